The fourth-order valence-electron chi connectivity index (χ4n) is 2.21. The quantitative estimate of drug-likeness (QED) is 0.852. The third kappa shape index (κ3) is 3.29. The van der Waals surface area contributed by atoms with Crippen LogP contribution in [0.25, 0.3) is 0 Å². The van der Waals surface area contributed by atoms with Crippen molar-refractivity contribution in [1.29, 1.82) is 0 Å². The minimum absolute atomic E-state index is 0.195. The molecule has 1 aliphatic rings. The molecular formula is C12H19N3O3. The third-order valence-electron chi connectivity index (χ3n) is 3.28. The Kier molecular flexibility index (Phi) is 4.30. The molecule has 1 fully saturated rings. The number of aryl methyl sites for hydroxylation is 1. The summed E-state index contributed by atoms with van der Waals surface area (Å²) >= 11 is 0. The highest BCUT2D eigenvalue weighted by Crippen LogP contribution is 2.18. The van der Waals surface area contributed by atoms with Gasteiger partial charge < -0.3 is 9.63 Å². The van der Waals surface area contributed by atoms with E-state index in [0.29, 0.717) is 25.3 Å². The van der Waals surface area contributed by atoms with E-state index >= 15 is 0 Å². The van der Waals surface area contributed by atoms with E-state index in [1.54, 1.807) is 0 Å². The zero-order valence-corrected chi connectivity index (χ0v) is 10.6. The van der Waals surface area contributed by atoms with E-state index in [0.717, 1.165) is 31.8 Å². The van der Waals surface area contributed by atoms with Gasteiger partial charge in [-0.2, -0.15) is 4.98 Å². The van der Waals surface area contributed by atoms with E-state index in [9.17, 15) is 4.79 Å². The van der Waals surface area contributed by atoms with Gasteiger partial charge in [-0.15, -0.1) is 0 Å². The molecule has 1 saturated heterocycles. The molecule has 0 spiro atoms. The Bertz CT molecular complexity index is 397. The van der Waals surface area contributed by atoms with Crippen molar-refractivity contribution in [3.05, 3.63) is 11.7 Å². The molecule has 2 rings (SSSR count). The molecule has 1 aromatic heterocycles. The Morgan fingerprint density at radius 3 is 2.83 bits per heavy atom. The topological polar surface area (TPSA) is 79.5 Å². The number of aromatic nitrogens is 2. The number of carbonyl (C=O) groups is 1. The molecular weight excluding hydrogens is 234 g/mol. The Balaban J connectivity index is 1.81. The molecule has 0 aromatic carbocycles. The van der Waals surface area contributed by atoms with Crippen LogP contribution in [0.3, 0.4) is 0 Å². The lowest BCUT2D eigenvalue weighted by Crippen LogP contribution is -2.35. The molecule has 0 aliphatic carbocycles. The molecule has 2 heterocycles. The molecule has 1 aromatic rings. The lowest BCUT2D eigenvalue weighted by atomic mass is 9.97. The van der Waals surface area contributed by atoms with Gasteiger partial charge in [0.2, 0.25) is 5.89 Å². The molecule has 0 atom stereocenters. The second-order valence-corrected chi connectivity index (χ2v) is 4.74. The van der Waals surface area contributed by atoms with Gasteiger partial charge in [0, 0.05) is 6.42 Å². The summed E-state index contributed by atoms with van der Waals surface area (Å²) in [5.41, 5.74) is 0. The van der Waals surface area contributed by atoms with Crippen molar-refractivity contribution < 1.29 is 14.4 Å². The summed E-state index contributed by atoms with van der Waals surface area (Å²) in [6.07, 6.45) is 3.24. The predicted octanol–water partition coefficient (Wildman–Crippen LogP) is 1.32. The zero-order valence-electron chi connectivity index (χ0n) is 10.6. The van der Waals surface area contributed by atoms with Crippen molar-refractivity contribution in [2.24, 2.45) is 5.92 Å². The fourth-order valence-corrected chi connectivity index (χ4v) is 2.21. The summed E-state index contributed by atoms with van der Waals surface area (Å²) in [6, 6.07) is 0. The van der Waals surface area contributed by atoms with Crippen molar-refractivity contribution in [2.45, 2.75) is 39.2 Å². The van der Waals surface area contributed by atoms with Crippen molar-refractivity contribution in [3.8, 4) is 0 Å². The Morgan fingerprint density at radius 2 is 2.22 bits per heavy atom. The Labute approximate surface area is 106 Å². The second-order valence-electron chi connectivity index (χ2n) is 4.74. The number of nitrogens with zero attached hydrogens (tertiary/aromatic N) is 3. The van der Waals surface area contributed by atoms with Gasteiger partial charge in [0.15, 0.2) is 5.82 Å². The first kappa shape index (κ1) is 13.0. The summed E-state index contributed by atoms with van der Waals surface area (Å²) in [5, 5.41) is 12.8. The van der Waals surface area contributed by atoms with Gasteiger partial charge in [-0.1, -0.05) is 12.1 Å². The maximum absolute atomic E-state index is 10.8. The Morgan fingerprint density at radius 1 is 1.50 bits per heavy atom. The summed E-state index contributed by atoms with van der Waals surface area (Å²) in [7, 11) is 0. The average molecular weight is 253 g/mol. The lowest BCUT2D eigenvalue weighted by molar-refractivity contribution is -0.143. The first-order valence-electron chi connectivity index (χ1n) is 6.45. The SMILES string of the molecule is CCCc1noc(CN2CCC(C(=O)O)CC2)n1. The summed E-state index contributed by atoms with van der Waals surface area (Å²) in [6.45, 7) is 4.26. The summed E-state index contributed by atoms with van der Waals surface area (Å²) in [4.78, 5) is 17.3. The molecule has 100 valence electrons. The van der Waals surface area contributed by atoms with Crippen molar-refractivity contribution in [1.82, 2.24) is 15.0 Å². The van der Waals surface area contributed by atoms with Crippen molar-refractivity contribution in [2.75, 3.05) is 13.1 Å². The van der Waals surface area contributed by atoms with Crippen LogP contribution in [0.15, 0.2) is 4.52 Å². The van der Waals surface area contributed by atoms with Crippen LogP contribution in [-0.2, 0) is 17.8 Å². The normalized spacial score (nSPS) is 18.1. The average Bonchev–Trinajstić information content (AvgIpc) is 2.78. The van der Waals surface area contributed by atoms with Crippen LogP contribution in [0.4, 0.5) is 0 Å². The number of hydrogen-bond donors (Lipinski definition) is 1. The van der Waals surface area contributed by atoms with E-state index in [-0.39, 0.29) is 5.92 Å². The van der Waals surface area contributed by atoms with Gasteiger partial charge in [0.1, 0.15) is 0 Å². The highest BCUT2D eigenvalue weighted by Gasteiger charge is 2.25. The van der Waals surface area contributed by atoms with Gasteiger partial charge in [-0.05, 0) is 32.4 Å². The number of carboxylic acids is 1. The summed E-state index contributed by atoms with van der Waals surface area (Å²) in [5.74, 6) is 0.511. The maximum Gasteiger partial charge on any atom is 0.306 e. The van der Waals surface area contributed by atoms with E-state index in [1.807, 2.05) is 0 Å². The van der Waals surface area contributed by atoms with Crippen LogP contribution in [0.1, 0.15) is 37.9 Å². The molecule has 18 heavy (non-hydrogen) atoms. The van der Waals surface area contributed by atoms with Gasteiger partial charge in [-0.25, -0.2) is 0 Å². The minimum Gasteiger partial charge on any atom is -0.481 e. The van der Waals surface area contributed by atoms with Crippen LogP contribution in [0, 0.1) is 5.92 Å². The van der Waals surface area contributed by atoms with Crippen molar-refractivity contribution in [3.63, 3.8) is 0 Å². The second kappa shape index (κ2) is 5.95. The monoisotopic (exact) mass is 253 g/mol. The van der Waals surface area contributed by atoms with Gasteiger partial charge >= 0.3 is 5.97 Å². The molecule has 1 N–H and O–H groups in total. The highest BCUT2D eigenvalue weighted by molar-refractivity contribution is 5.70. The van der Waals surface area contributed by atoms with E-state index in [2.05, 4.69) is 22.0 Å². The van der Waals surface area contributed by atoms with Gasteiger partial charge in [0.05, 0.1) is 12.5 Å². The lowest BCUT2D eigenvalue weighted by Gasteiger charge is -2.28. The first-order valence-corrected chi connectivity index (χ1v) is 6.45. The fraction of sp³-hybridized carbons (Fsp3) is 0.750. The number of aliphatic carboxylic acids is 1. The molecule has 0 bridgehead atoms. The maximum atomic E-state index is 10.8. The molecule has 6 nitrogen and oxygen atoms in total. The standard InChI is InChI=1S/C12H19N3O3/c1-2-3-10-13-11(18-14-10)8-15-6-4-9(5-7-15)12(16)17/h9H,2-8H2,1H3,(H,16,17). The van der Waals surface area contributed by atoms with E-state index in [1.165, 1.54) is 0 Å². The van der Waals surface area contributed by atoms with E-state index < -0.39 is 5.97 Å². The molecule has 0 saturated carbocycles. The van der Waals surface area contributed by atoms with Gasteiger partial charge in [-0.3, -0.25) is 9.69 Å². The molecule has 6 heteroatoms. The summed E-state index contributed by atoms with van der Waals surface area (Å²) < 4.78 is 5.18. The Hall–Kier alpha value is -1.43. The van der Waals surface area contributed by atoms with Crippen LogP contribution >= 0.6 is 0 Å². The van der Waals surface area contributed by atoms with Crippen molar-refractivity contribution >= 4 is 5.97 Å². The van der Waals surface area contributed by atoms with Crippen LogP contribution in [0.2, 0.25) is 0 Å². The number of rotatable bonds is 5. The minimum atomic E-state index is -0.683. The predicted molar refractivity (Wildman–Crippen MR) is 63.9 cm³/mol. The number of carboxylic acid groups (broad SMARTS) is 1. The van der Waals surface area contributed by atoms with Gasteiger partial charge in [0.25, 0.3) is 0 Å². The molecule has 0 unspecified atom stereocenters. The zero-order chi connectivity index (χ0) is 13.0. The molecule has 0 radical (unpaired) electrons. The largest absolute Gasteiger partial charge is 0.481 e. The number of piperidine rings is 1. The van der Waals surface area contributed by atoms with E-state index in [4.69, 9.17) is 9.63 Å². The van der Waals surface area contributed by atoms with Crippen LogP contribution in [-0.4, -0.2) is 39.2 Å². The first-order chi connectivity index (χ1) is 8.69. The molecule has 1 aliphatic heterocycles. The smallest absolute Gasteiger partial charge is 0.306 e. The van der Waals surface area contributed by atoms with Crippen LogP contribution in [0.5, 0.6) is 0 Å². The number of hydrogen-bond acceptors (Lipinski definition) is 5. The molecule has 0 amide bonds. The highest BCUT2D eigenvalue weighted by atomic mass is 16.5. The number of likely N-dealkylation sites (tertiary alicyclic amines) is 1. The third-order valence-corrected chi connectivity index (χ3v) is 3.28. The van der Waals surface area contributed by atoms with Crippen LogP contribution < -0.4 is 0 Å².